The molecule has 0 bridgehead atoms. The molecule has 5 rings (SSSR count). The van der Waals surface area contributed by atoms with Crippen molar-refractivity contribution in [2.45, 2.75) is 26.4 Å². The van der Waals surface area contributed by atoms with Crippen LogP contribution in [0.15, 0.2) is 84.0 Å². The molecule has 0 saturated heterocycles. The first-order chi connectivity index (χ1) is 17.1. The SMILES string of the molecule is CC(C)c1ccc(COc2ccc(/C=N/NC(=O)c3ccc4n[nH]nc4c3)c3ccccc23)cc1. The van der Waals surface area contributed by atoms with E-state index in [-0.39, 0.29) is 5.91 Å². The van der Waals surface area contributed by atoms with Crippen molar-refractivity contribution in [1.29, 1.82) is 0 Å². The summed E-state index contributed by atoms with van der Waals surface area (Å²) in [5, 5.41) is 16.7. The van der Waals surface area contributed by atoms with E-state index in [2.05, 4.69) is 64.1 Å². The fourth-order valence-corrected chi connectivity index (χ4v) is 3.90. The van der Waals surface area contributed by atoms with Crippen molar-refractivity contribution in [3.63, 3.8) is 0 Å². The van der Waals surface area contributed by atoms with E-state index < -0.39 is 0 Å². The second kappa shape index (κ2) is 9.77. The van der Waals surface area contributed by atoms with Gasteiger partial charge in [0.1, 0.15) is 23.4 Å². The van der Waals surface area contributed by atoms with E-state index in [4.69, 9.17) is 4.74 Å². The van der Waals surface area contributed by atoms with Crippen LogP contribution in [-0.2, 0) is 6.61 Å². The van der Waals surface area contributed by atoms with Crippen LogP contribution in [0.25, 0.3) is 21.8 Å². The van der Waals surface area contributed by atoms with Gasteiger partial charge in [-0.2, -0.15) is 20.5 Å². The number of benzene rings is 4. The molecule has 0 atom stereocenters. The van der Waals surface area contributed by atoms with Gasteiger partial charge >= 0.3 is 0 Å². The molecule has 0 unspecified atom stereocenters. The summed E-state index contributed by atoms with van der Waals surface area (Å²) in [7, 11) is 0. The van der Waals surface area contributed by atoms with Crippen molar-refractivity contribution >= 4 is 33.9 Å². The predicted molar refractivity (Wildman–Crippen MR) is 138 cm³/mol. The van der Waals surface area contributed by atoms with Gasteiger partial charge in [-0.1, -0.05) is 62.4 Å². The molecule has 2 N–H and O–H groups in total. The van der Waals surface area contributed by atoms with E-state index >= 15 is 0 Å². The summed E-state index contributed by atoms with van der Waals surface area (Å²) in [5.74, 6) is 0.986. The molecular formula is C28H25N5O2. The van der Waals surface area contributed by atoms with Crippen molar-refractivity contribution in [3.05, 3.63) is 101 Å². The first-order valence-corrected chi connectivity index (χ1v) is 11.5. The Morgan fingerprint density at radius 2 is 1.74 bits per heavy atom. The third-order valence-electron chi connectivity index (χ3n) is 5.91. The number of hydrogen-bond donors (Lipinski definition) is 2. The molecule has 4 aromatic carbocycles. The van der Waals surface area contributed by atoms with Crippen LogP contribution >= 0.6 is 0 Å². The van der Waals surface area contributed by atoms with E-state index in [1.807, 2.05) is 36.4 Å². The molecule has 5 aromatic rings. The smallest absolute Gasteiger partial charge is 0.271 e. The average Bonchev–Trinajstić information content (AvgIpc) is 3.36. The molecule has 7 nitrogen and oxygen atoms in total. The standard InChI is InChI=1S/C28H25N5O2/c1-18(2)20-9-7-19(8-10-20)17-35-27-14-12-22(23-5-3-4-6-24(23)27)16-29-32-28(34)21-11-13-25-26(15-21)31-33-30-25/h3-16,18H,17H2,1-2H3,(H,32,34)(H,30,31,33)/b29-16+. The number of hydrogen-bond acceptors (Lipinski definition) is 5. The van der Waals surface area contributed by atoms with Crippen LogP contribution < -0.4 is 10.2 Å². The Morgan fingerprint density at radius 1 is 0.971 bits per heavy atom. The van der Waals surface area contributed by atoms with Gasteiger partial charge in [0.25, 0.3) is 5.91 Å². The van der Waals surface area contributed by atoms with E-state index in [0.29, 0.717) is 29.1 Å². The van der Waals surface area contributed by atoms with E-state index in [1.54, 1.807) is 24.4 Å². The lowest BCUT2D eigenvalue weighted by Gasteiger charge is -2.12. The van der Waals surface area contributed by atoms with Crippen LogP contribution in [0.5, 0.6) is 5.75 Å². The van der Waals surface area contributed by atoms with E-state index in [1.165, 1.54) is 5.56 Å². The largest absolute Gasteiger partial charge is 0.488 e. The average molecular weight is 464 g/mol. The first kappa shape index (κ1) is 22.3. The molecule has 1 amide bonds. The maximum atomic E-state index is 12.5. The molecule has 1 aromatic heterocycles. The minimum Gasteiger partial charge on any atom is -0.488 e. The molecule has 7 heteroatoms. The zero-order valence-corrected chi connectivity index (χ0v) is 19.5. The summed E-state index contributed by atoms with van der Waals surface area (Å²) in [5.41, 5.74) is 7.68. The molecule has 0 spiro atoms. The van der Waals surface area contributed by atoms with Gasteiger partial charge in [-0.05, 0) is 52.8 Å². The number of nitrogens with one attached hydrogen (secondary N) is 2. The number of rotatable bonds is 7. The highest BCUT2D eigenvalue weighted by atomic mass is 16.5. The number of aromatic amines is 1. The maximum absolute atomic E-state index is 12.5. The summed E-state index contributed by atoms with van der Waals surface area (Å²) in [4.78, 5) is 12.5. The van der Waals surface area contributed by atoms with Gasteiger partial charge in [0.2, 0.25) is 0 Å². The normalized spacial score (nSPS) is 11.5. The number of nitrogens with zero attached hydrogens (tertiary/aromatic N) is 3. The van der Waals surface area contributed by atoms with Crippen molar-refractivity contribution < 1.29 is 9.53 Å². The van der Waals surface area contributed by atoms with Gasteiger partial charge in [-0.15, -0.1) is 0 Å². The van der Waals surface area contributed by atoms with Crippen LogP contribution in [0, 0.1) is 0 Å². The lowest BCUT2D eigenvalue weighted by molar-refractivity contribution is 0.0955. The van der Waals surface area contributed by atoms with Crippen LogP contribution in [0.2, 0.25) is 0 Å². The molecule has 0 saturated carbocycles. The summed E-state index contributed by atoms with van der Waals surface area (Å²) >= 11 is 0. The molecule has 0 aliphatic carbocycles. The first-order valence-electron chi connectivity index (χ1n) is 11.5. The Labute approximate surface area is 202 Å². The van der Waals surface area contributed by atoms with Gasteiger partial charge < -0.3 is 4.74 Å². The Balaban J connectivity index is 1.30. The molecule has 0 fully saturated rings. The van der Waals surface area contributed by atoms with E-state index in [0.717, 1.165) is 27.6 Å². The Hall–Kier alpha value is -4.52. The van der Waals surface area contributed by atoms with Gasteiger partial charge in [-0.3, -0.25) is 4.79 Å². The Kier molecular flexibility index (Phi) is 6.22. The molecule has 0 aliphatic heterocycles. The number of amides is 1. The maximum Gasteiger partial charge on any atom is 0.271 e. The highest BCUT2D eigenvalue weighted by Crippen LogP contribution is 2.29. The quantitative estimate of drug-likeness (QED) is 0.244. The minimum absolute atomic E-state index is 0.320. The molecule has 0 radical (unpaired) electrons. The number of ether oxygens (including phenoxy) is 1. The molecule has 0 aliphatic rings. The summed E-state index contributed by atoms with van der Waals surface area (Å²) < 4.78 is 6.16. The molecule has 174 valence electrons. The summed E-state index contributed by atoms with van der Waals surface area (Å²) in [6.45, 7) is 4.86. The van der Waals surface area contributed by atoms with Gasteiger partial charge in [-0.25, -0.2) is 5.43 Å². The molecule has 35 heavy (non-hydrogen) atoms. The third-order valence-corrected chi connectivity index (χ3v) is 5.91. The highest BCUT2D eigenvalue weighted by molar-refractivity contribution is 6.03. The fraction of sp³-hybridized carbons (Fsp3) is 0.143. The number of aromatic nitrogens is 3. The Morgan fingerprint density at radius 3 is 2.54 bits per heavy atom. The summed E-state index contributed by atoms with van der Waals surface area (Å²) in [6.07, 6.45) is 1.64. The second-order valence-corrected chi connectivity index (χ2v) is 8.61. The van der Waals surface area contributed by atoms with Crippen molar-refractivity contribution in [3.8, 4) is 5.75 Å². The second-order valence-electron chi connectivity index (χ2n) is 8.61. The number of H-pyrrole nitrogens is 1. The van der Waals surface area contributed by atoms with Crippen LogP contribution in [-0.4, -0.2) is 27.5 Å². The lowest BCUT2D eigenvalue weighted by atomic mass is 10.0. The molecule has 1 heterocycles. The Bertz CT molecular complexity index is 1520. The van der Waals surface area contributed by atoms with Crippen molar-refractivity contribution in [2.75, 3.05) is 0 Å². The van der Waals surface area contributed by atoms with Crippen LogP contribution in [0.3, 0.4) is 0 Å². The number of carbonyl (C=O) groups excluding carboxylic acids is 1. The highest BCUT2D eigenvalue weighted by Gasteiger charge is 2.09. The van der Waals surface area contributed by atoms with Crippen molar-refractivity contribution in [2.24, 2.45) is 5.10 Å². The molecular weight excluding hydrogens is 438 g/mol. The zero-order valence-electron chi connectivity index (χ0n) is 19.5. The van der Waals surface area contributed by atoms with Crippen molar-refractivity contribution in [1.82, 2.24) is 20.8 Å². The van der Waals surface area contributed by atoms with Crippen LogP contribution in [0.4, 0.5) is 0 Å². The third kappa shape index (κ3) is 4.89. The lowest BCUT2D eigenvalue weighted by Crippen LogP contribution is -2.17. The van der Waals surface area contributed by atoms with E-state index in [9.17, 15) is 4.79 Å². The summed E-state index contributed by atoms with van der Waals surface area (Å²) in [6, 6.07) is 25.5. The van der Waals surface area contributed by atoms with Crippen LogP contribution in [0.1, 0.15) is 46.8 Å². The van der Waals surface area contributed by atoms with Gasteiger partial charge in [0.15, 0.2) is 0 Å². The van der Waals surface area contributed by atoms with Gasteiger partial charge in [0, 0.05) is 16.5 Å². The minimum atomic E-state index is -0.320. The zero-order chi connectivity index (χ0) is 24.2. The topological polar surface area (TPSA) is 92.3 Å². The number of carbonyl (C=O) groups is 1. The fourth-order valence-electron chi connectivity index (χ4n) is 3.90. The number of hydrazone groups is 1. The monoisotopic (exact) mass is 463 g/mol. The number of fused-ring (bicyclic) bond motifs is 2. The predicted octanol–water partition coefficient (Wildman–Crippen LogP) is 5.58. The van der Waals surface area contributed by atoms with Gasteiger partial charge in [0.05, 0.1) is 6.21 Å².